The van der Waals surface area contributed by atoms with Gasteiger partial charge in [0.1, 0.15) is 0 Å². The molecular weight excluding hydrogens is 861 g/mol. The van der Waals surface area contributed by atoms with Crippen LogP contribution in [0.3, 0.4) is 0 Å². The number of hydrogen-bond donors (Lipinski definition) is 0. The molecule has 0 unspecified atom stereocenters. The molecule has 5 aromatic rings. The van der Waals surface area contributed by atoms with E-state index in [0.717, 1.165) is 108 Å². The fourth-order valence-corrected chi connectivity index (χ4v) is 15.5. The number of fused-ring (bicyclic) bond motifs is 13. The molecule has 2 spiro atoms. The summed E-state index contributed by atoms with van der Waals surface area (Å²) < 4.78 is 58.0. The van der Waals surface area contributed by atoms with Crippen LogP contribution in [0.2, 0.25) is 0 Å². The Morgan fingerprint density at radius 2 is 0.921 bits per heavy atom. The normalized spacial score (nSPS) is 21.1. The number of carbonyl (C=O) groups excluding carboxylic acids is 2. The lowest BCUT2D eigenvalue weighted by molar-refractivity contribution is 0.103. The number of ketones is 2. The van der Waals surface area contributed by atoms with Gasteiger partial charge in [0.05, 0.1) is 25.3 Å². The lowest BCUT2D eigenvalue weighted by atomic mass is 9.61. The van der Waals surface area contributed by atoms with E-state index < -0.39 is 34.8 Å². The summed E-state index contributed by atoms with van der Waals surface area (Å²) in [6.07, 6.45) is 13.4. The topological polar surface area (TPSA) is 90.4 Å². The molecule has 13 heteroatoms. The second-order valence-corrected chi connectivity index (χ2v) is 20.1. The van der Waals surface area contributed by atoms with Gasteiger partial charge in [-0.3, -0.25) is 9.59 Å². The maximum Gasteiger partial charge on any atom is 0.270 e. The smallest absolute Gasteiger partial charge is 0.270 e. The van der Waals surface area contributed by atoms with Crippen LogP contribution in [0.1, 0.15) is 128 Å². The van der Waals surface area contributed by atoms with Crippen molar-refractivity contribution in [2.24, 2.45) is 0 Å². The molecular formula is C50H28F4N4O2S3. The number of benzene rings is 2. The Labute approximate surface area is 370 Å². The van der Waals surface area contributed by atoms with Gasteiger partial charge < -0.3 is 0 Å². The zero-order valence-corrected chi connectivity index (χ0v) is 35.5. The lowest BCUT2D eigenvalue weighted by Gasteiger charge is -2.41. The second-order valence-electron chi connectivity index (χ2n) is 16.9. The Morgan fingerprint density at radius 1 is 0.556 bits per heavy atom. The first-order valence-corrected chi connectivity index (χ1v) is 23.0. The van der Waals surface area contributed by atoms with Crippen molar-refractivity contribution in [3.8, 4) is 31.6 Å². The first-order valence-electron chi connectivity index (χ1n) is 20.5. The number of nitrogens with zero attached hydrogens (tertiary/aromatic N) is 4. The molecule has 63 heavy (non-hydrogen) atoms. The SMILES string of the molecule is [C-]#[N+]/C(C#N)=C1\C(=C/c2cc3c(s2)-c2sc4c(c2C32CCCCC2)C2(CCCCC2)c2cc(/C=C3\C(=O)c5cc(F)c(F)cc5\C3=C(\C#N)[N+]#[C-])sc2-4)C(=O)c2cc(F)c(F)cc21. The minimum absolute atomic E-state index is 0.00132. The Kier molecular flexibility index (Phi) is 8.76. The van der Waals surface area contributed by atoms with E-state index in [-0.39, 0.29) is 66.8 Å². The minimum atomic E-state index is -1.19. The molecule has 0 radical (unpaired) electrons. The van der Waals surface area contributed by atoms with Crippen LogP contribution in [0.4, 0.5) is 17.6 Å². The van der Waals surface area contributed by atoms with Crippen molar-refractivity contribution < 1.29 is 27.2 Å². The van der Waals surface area contributed by atoms with E-state index in [9.17, 15) is 37.7 Å². The summed E-state index contributed by atoms with van der Waals surface area (Å²) in [5.41, 5.74) is 3.81. The largest absolute Gasteiger partial charge is 0.289 e. The van der Waals surface area contributed by atoms with Gasteiger partial charge in [0.2, 0.25) is 0 Å². The average molecular weight is 889 g/mol. The highest BCUT2D eigenvalue weighted by Crippen LogP contribution is 2.70. The maximum atomic E-state index is 14.6. The molecule has 0 amide bonds. The highest BCUT2D eigenvalue weighted by molar-refractivity contribution is 7.27. The maximum absolute atomic E-state index is 14.6. The third-order valence-corrected chi connectivity index (χ3v) is 17.6. The molecule has 3 aromatic heterocycles. The van der Waals surface area contributed by atoms with Gasteiger partial charge >= 0.3 is 0 Å². The molecule has 306 valence electrons. The van der Waals surface area contributed by atoms with Gasteiger partial charge in [-0.15, -0.1) is 34.0 Å². The molecule has 6 aliphatic rings. The second kappa shape index (κ2) is 14.0. The highest BCUT2D eigenvalue weighted by Gasteiger charge is 2.56. The van der Waals surface area contributed by atoms with E-state index in [1.165, 1.54) is 54.7 Å². The fraction of sp³-hybridized carbons (Fsp3) is 0.240. The third kappa shape index (κ3) is 5.28. The van der Waals surface area contributed by atoms with E-state index in [0.29, 0.717) is 0 Å². The van der Waals surface area contributed by atoms with E-state index >= 15 is 0 Å². The molecule has 6 aliphatic carbocycles. The number of hydrogen-bond acceptors (Lipinski definition) is 7. The predicted octanol–water partition coefficient (Wildman–Crippen LogP) is 13.8. The number of thiophene rings is 3. The molecule has 6 nitrogen and oxygen atoms in total. The molecule has 2 saturated carbocycles. The minimum Gasteiger partial charge on any atom is -0.289 e. The standard InChI is InChI=1S/C50H28F4N4O2S3/c1-57-37(21-55)39-25-17-33(51)35(53)19-27(25)43(59)29(39)13-23-15-31-45(61-23)47-41(49(31)9-5-3-6-10-49)42-48(63-47)46-32(50(42)11-7-4-8-12-50)16-24(62-46)14-30-40(38(22-56)58-2)26-18-34(52)36(54)20-28(26)44(30)60/h13-20H,3-12H2/b29-13-,30-14+,39-37+,40-38-. The van der Waals surface area contributed by atoms with Gasteiger partial charge in [0.15, 0.2) is 34.8 Å². The first-order chi connectivity index (χ1) is 30.5. The Bertz CT molecular complexity index is 3080. The van der Waals surface area contributed by atoms with E-state index in [1.54, 1.807) is 23.5 Å². The summed E-state index contributed by atoms with van der Waals surface area (Å²) in [5.74, 6) is -5.89. The van der Waals surface area contributed by atoms with Crippen LogP contribution in [0.25, 0.3) is 52.5 Å². The molecule has 0 aliphatic heterocycles. The highest BCUT2D eigenvalue weighted by atomic mass is 32.1. The summed E-state index contributed by atoms with van der Waals surface area (Å²) in [4.78, 5) is 40.5. The zero-order valence-electron chi connectivity index (χ0n) is 33.0. The molecule has 0 bridgehead atoms. The van der Waals surface area contributed by atoms with Crippen LogP contribution in [0.15, 0.2) is 58.9 Å². The number of halogens is 4. The number of carbonyl (C=O) groups is 2. The molecule has 0 saturated heterocycles. The Balaban J connectivity index is 1.08. The van der Waals surface area contributed by atoms with Crippen LogP contribution < -0.4 is 0 Å². The van der Waals surface area contributed by atoms with Gasteiger partial charge in [0, 0.05) is 73.5 Å². The third-order valence-electron chi connectivity index (χ3n) is 13.9. The van der Waals surface area contributed by atoms with E-state index in [1.807, 2.05) is 12.1 Å². The van der Waals surface area contributed by atoms with Gasteiger partial charge in [-0.25, -0.2) is 37.8 Å². The van der Waals surface area contributed by atoms with Gasteiger partial charge in [-0.2, -0.15) is 0 Å². The van der Waals surface area contributed by atoms with Gasteiger partial charge in [-0.1, -0.05) is 38.5 Å². The fourth-order valence-electron chi connectivity index (χ4n) is 11.3. The average Bonchev–Trinajstić information content (AvgIpc) is 4.15. The predicted molar refractivity (Wildman–Crippen MR) is 234 cm³/mol. The van der Waals surface area contributed by atoms with Gasteiger partial charge in [-0.05, 0) is 108 Å². The zero-order chi connectivity index (χ0) is 43.7. The Morgan fingerprint density at radius 3 is 1.27 bits per heavy atom. The summed E-state index contributed by atoms with van der Waals surface area (Å²) in [5, 5.41) is 19.8. The van der Waals surface area contributed by atoms with Crippen molar-refractivity contribution in [3.05, 3.63) is 159 Å². The van der Waals surface area contributed by atoms with E-state index in [2.05, 4.69) is 21.8 Å². The van der Waals surface area contributed by atoms with Crippen molar-refractivity contribution in [2.75, 3.05) is 0 Å². The quantitative estimate of drug-likeness (QED) is 0.0764. The first kappa shape index (κ1) is 39.4. The number of rotatable bonds is 2. The summed E-state index contributed by atoms with van der Waals surface area (Å²) in [7, 11) is 0. The van der Waals surface area contributed by atoms with Crippen LogP contribution in [-0.4, -0.2) is 11.6 Å². The summed E-state index contributed by atoms with van der Waals surface area (Å²) in [6.45, 7) is 15.4. The van der Waals surface area contributed by atoms with Crippen LogP contribution >= 0.6 is 34.0 Å². The number of allylic oxidation sites excluding steroid dienone is 6. The van der Waals surface area contributed by atoms with Crippen molar-refractivity contribution >= 4 is 68.9 Å². The molecule has 0 atom stereocenters. The molecule has 11 rings (SSSR count). The van der Waals surface area contributed by atoms with Crippen molar-refractivity contribution in [1.29, 1.82) is 10.5 Å². The molecule has 0 N–H and O–H groups in total. The van der Waals surface area contributed by atoms with Crippen LogP contribution in [-0.2, 0) is 10.8 Å². The summed E-state index contributed by atoms with van der Waals surface area (Å²) >= 11 is 4.82. The van der Waals surface area contributed by atoms with Gasteiger partial charge in [0.25, 0.3) is 11.4 Å². The van der Waals surface area contributed by atoms with Crippen molar-refractivity contribution in [2.45, 2.75) is 75.0 Å². The Hall–Kier alpha value is -6.48. The van der Waals surface area contributed by atoms with Crippen LogP contribution in [0.5, 0.6) is 0 Å². The molecule has 2 fully saturated rings. The molecule has 2 aromatic carbocycles. The molecule has 3 heterocycles. The summed E-state index contributed by atoms with van der Waals surface area (Å²) in [6, 6.07) is 11.4. The lowest BCUT2D eigenvalue weighted by Crippen LogP contribution is -2.34. The van der Waals surface area contributed by atoms with E-state index in [4.69, 9.17) is 13.1 Å². The number of nitriles is 2. The van der Waals surface area contributed by atoms with Crippen molar-refractivity contribution in [3.63, 3.8) is 0 Å². The number of Topliss-reactive ketones (excluding diaryl/α,β-unsaturated/α-hetero) is 2. The monoisotopic (exact) mass is 888 g/mol. The van der Waals surface area contributed by atoms with Crippen LogP contribution in [0, 0.1) is 59.1 Å². The van der Waals surface area contributed by atoms with Crippen molar-refractivity contribution in [1.82, 2.24) is 0 Å².